The molecule has 0 aliphatic rings. The van der Waals surface area contributed by atoms with Crippen LogP contribution >= 0.6 is 0 Å². The molecule has 1 N–H and O–H groups in total. The fourth-order valence-corrected chi connectivity index (χ4v) is 3.07. The molecule has 3 nitrogen and oxygen atoms in total. The highest BCUT2D eigenvalue weighted by molar-refractivity contribution is 6.12. The van der Waals surface area contributed by atoms with Gasteiger partial charge >= 0.3 is 0 Å². The van der Waals surface area contributed by atoms with Crippen LogP contribution in [0.2, 0.25) is 0 Å². The predicted molar refractivity (Wildman–Crippen MR) is 90.6 cm³/mol. The summed E-state index contributed by atoms with van der Waals surface area (Å²) in [6.07, 6.45) is 3.79. The monoisotopic (exact) mass is 290 g/mol. The van der Waals surface area contributed by atoms with Crippen molar-refractivity contribution >= 4 is 27.3 Å². The van der Waals surface area contributed by atoms with E-state index in [2.05, 4.69) is 48.4 Å². The van der Waals surface area contributed by atoms with Crippen LogP contribution in [0.15, 0.2) is 48.8 Å². The van der Waals surface area contributed by atoms with Gasteiger partial charge in [-0.05, 0) is 40.6 Å². The summed E-state index contributed by atoms with van der Waals surface area (Å²) in [5.74, 6) is 0.267. The van der Waals surface area contributed by atoms with Crippen LogP contribution in [0.5, 0.6) is 5.75 Å². The van der Waals surface area contributed by atoms with Gasteiger partial charge in [-0.15, -0.1) is 0 Å². The third-order valence-electron chi connectivity index (χ3n) is 4.30. The zero-order valence-corrected chi connectivity index (χ0v) is 13.0. The van der Waals surface area contributed by atoms with Crippen LogP contribution in [0.4, 0.5) is 0 Å². The maximum absolute atomic E-state index is 9.81. The van der Waals surface area contributed by atoms with E-state index in [-0.39, 0.29) is 11.2 Å². The molecule has 0 spiro atoms. The van der Waals surface area contributed by atoms with Gasteiger partial charge in [-0.25, -0.2) is 4.98 Å². The van der Waals surface area contributed by atoms with Gasteiger partial charge in [0.2, 0.25) is 0 Å². The first kappa shape index (κ1) is 13.1. The van der Waals surface area contributed by atoms with E-state index in [1.54, 1.807) is 12.1 Å². The van der Waals surface area contributed by atoms with E-state index in [4.69, 9.17) is 0 Å². The van der Waals surface area contributed by atoms with Crippen molar-refractivity contribution in [2.24, 2.45) is 0 Å². The Morgan fingerprint density at radius 3 is 2.50 bits per heavy atom. The van der Waals surface area contributed by atoms with Crippen LogP contribution in [0.25, 0.3) is 27.3 Å². The number of fused-ring (bicyclic) bond motifs is 6. The molecule has 0 atom stereocenters. The third-order valence-corrected chi connectivity index (χ3v) is 4.30. The van der Waals surface area contributed by atoms with Gasteiger partial charge in [-0.2, -0.15) is 0 Å². The van der Waals surface area contributed by atoms with Crippen molar-refractivity contribution in [3.8, 4) is 5.75 Å². The Labute approximate surface area is 128 Å². The molecular formula is C19H18N2O. The average molecular weight is 290 g/mol. The number of pyridine rings is 1. The lowest BCUT2D eigenvalue weighted by atomic mass is 9.86. The van der Waals surface area contributed by atoms with E-state index >= 15 is 0 Å². The minimum atomic E-state index is 0.102. The highest BCUT2D eigenvalue weighted by Gasteiger charge is 2.16. The molecule has 3 heteroatoms. The van der Waals surface area contributed by atoms with Crippen LogP contribution in [0.3, 0.4) is 0 Å². The van der Waals surface area contributed by atoms with Crippen LogP contribution < -0.4 is 0 Å². The van der Waals surface area contributed by atoms with Gasteiger partial charge in [0, 0.05) is 23.2 Å². The number of aromatic hydroxyl groups is 1. The molecule has 0 unspecified atom stereocenters. The standard InChI is InChI=1S/C19H18N2O/c1-19(2,3)12-4-6-15-14-7-5-13(22)11-16(14)18-20-8-9-21(18)17(15)10-12/h4-11,22H,1-3H3. The lowest BCUT2D eigenvalue weighted by Gasteiger charge is -2.20. The topological polar surface area (TPSA) is 37.5 Å². The Morgan fingerprint density at radius 2 is 1.73 bits per heavy atom. The second kappa shape index (κ2) is 4.23. The van der Waals surface area contributed by atoms with Gasteiger partial charge in [0.15, 0.2) is 0 Å². The zero-order valence-electron chi connectivity index (χ0n) is 13.0. The molecule has 0 fully saturated rings. The van der Waals surface area contributed by atoms with Gasteiger partial charge < -0.3 is 5.11 Å². The molecule has 110 valence electrons. The van der Waals surface area contributed by atoms with Crippen molar-refractivity contribution in [3.05, 3.63) is 54.4 Å². The molecule has 22 heavy (non-hydrogen) atoms. The summed E-state index contributed by atoms with van der Waals surface area (Å²) >= 11 is 0. The number of hydrogen-bond donors (Lipinski definition) is 1. The fraction of sp³-hybridized carbons (Fsp3) is 0.211. The Bertz CT molecular complexity index is 1020. The molecule has 0 radical (unpaired) electrons. The summed E-state index contributed by atoms with van der Waals surface area (Å²) in [6, 6.07) is 12.1. The van der Waals surface area contributed by atoms with Crippen LogP contribution in [-0.4, -0.2) is 14.5 Å². The fourth-order valence-electron chi connectivity index (χ4n) is 3.07. The van der Waals surface area contributed by atoms with E-state index in [1.807, 2.05) is 18.5 Å². The minimum Gasteiger partial charge on any atom is -0.508 e. The zero-order chi connectivity index (χ0) is 15.5. The summed E-state index contributed by atoms with van der Waals surface area (Å²) in [7, 11) is 0. The van der Waals surface area contributed by atoms with E-state index in [0.717, 1.165) is 21.9 Å². The molecule has 0 amide bonds. The number of nitrogens with zero attached hydrogens (tertiary/aromatic N) is 2. The smallest absolute Gasteiger partial charge is 0.145 e. The Hall–Kier alpha value is -2.55. The number of rotatable bonds is 0. The summed E-state index contributed by atoms with van der Waals surface area (Å²) in [5.41, 5.74) is 3.43. The second-order valence-corrected chi connectivity index (χ2v) is 6.83. The van der Waals surface area contributed by atoms with E-state index < -0.39 is 0 Å². The number of aromatic nitrogens is 2. The third kappa shape index (κ3) is 1.78. The maximum atomic E-state index is 9.81. The molecular weight excluding hydrogens is 272 g/mol. The van der Waals surface area contributed by atoms with Gasteiger partial charge in [0.25, 0.3) is 0 Å². The molecule has 0 saturated carbocycles. The number of imidazole rings is 1. The Balaban J connectivity index is 2.24. The molecule has 0 aliphatic carbocycles. The Kier molecular flexibility index (Phi) is 2.52. The van der Waals surface area contributed by atoms with E-state index in [0.29, 0.717) is 0 Å². The summed E-state index contributed by atoms with van der Waals surface area (Å²) in [4.78, 5) is 4.48. The molecule has 4 rings (SSSR count). The van der Waals surface area contributed by atoms with Crippen molar-refractivity contribution in [2.45, 2.75) is 26.2 Å². The van der Waals surface area contributed by atoms with Gasteiger partial charge in [0.1, 0.15) is 11.4 Å². The van der Waals surface area contributed by atoms with Crippen LogP contribution in [-0.2, 0) is 5.41 Å². The van der Waals surface area contributed by atoms with Gasteiger partial charge in [-0.3, -0.25) is 4.40 Å². The minimum absolute atomic E-state index is 0.102. The number of phenolic OH excluding ortho intramolecular Hbond substituents is 1. The normalized spacial score (nSPS) is 12.5. The summed E-state index contributed by atoms with van der Waals surface area (Å²) in [5, 5.41) is 13.1. The number of benzene rings is 2. The molecule has 0 aliphatic heterocycles. The molecule has 2 aromatic carbocycles. The first-order chi connectivity index (χ1) is 10.4. The quantitative estimate of drug-likeness (QED) is 0.479. The largest absolute Gasteiger partial charge is 0.508 e. The van der Waals surface area contributed by atoms with Crippen molar-refractivity contribution in [1.82, 2.24) is 9.38 Å². The van der Waals surface area contributed by atoms with Gasteiger partial charge in [0.05, 0.1) is 5.52 Å². The van der Waals surface area contributed by atoms with Crippen molar-refractivity contribution in [3.63, 3.8) is 0 Å². The second-order valence-electron chi connectivity index (χ2n) is 6.83. The molecule has 0 bridgehead atoms. The van der Waals surface area contributed by atoms with E-state index in [9.17, 15) is 5.11 Å². The van der Waals surface area contributed by atoms with Crippen molar-refractivity contribution < 1.29 is 5.11 Å². The highest BCUT2D eigenvalue weighted by Crippen LogP contribution is 2.33. The summed E-state index contributed by atoms with van der Waals surface area (Å²) < 4.78 is 2.10. The first-order valence-corrected chi connectivity index (χ1v) is 7.47. The summed E-state index contributed by atoms with van der Waals surface area (Å²) in [6.45, 7) is 6.66. The predicted octanol–water partition coefficient (Wildman–Crippen LogP) is 4.64. The van der Waals surface area contributed by atoms with E-state index in [1.165, 1.54) is 10.9 Å². The van der Waals surface area contributed by atoms with Gasteiger partial charge in [-0.1, -0.05) is 32.9 Å². The lowest BCUT2D eigenvalue weighted by Crippen LogP contribution is -2.11. The molecule has 2 heterocycles. The molecule has 0 saturated heterocycles. The lowest BCUT2D eigenvalue weighted by molar-refractivity contribution is 0.476. The van der Waals surface area contributed by atoms with Crippen molar-refractivity contribution in [1.29, 1.82) is 0 Å². The Morgan fingerprint density at radius 1 is 0.955 bits per heavy atom. The first-order valence-electron chi connectivity index (χ1n) is 7.47. The number of hydrogen-bond acceptors (Lipinski definition) is 2. The van der Waals surface area contributed by atoms with Crippen molar-refractivity contribution in [2.75, 3.05) is 0 Å². The maximum Gasteiger partial charge on any atom is 0.145 e. The van der Waals surface area contributed by atoms with Crippen LogP contribution in [0, 0.1) is 0 Å². The molecule has 2 aromatic heterocycles. The van der Waals surface area contributed by atoms with Crippen LogP contribution in [0.1, 0.15) is 26.3 Å². The molecule has 4 aromatic rings. The highest BCUT2D eigenvalue weighted by atomic mass is 16.3. The number of phenols is 1. The average Bonchev–Trinajstić information content (AvgIpc) is 2.95. The SMILES string of the molecule is CC(C)(C)c1ccc2c3ccc(O)cc3c3nccn3c2c1.